The normalized spacial score (nSPS) is 10.1. The maximum atomic E-state index is 11.7. The molecule has 0 bridgehead atoms. The zero-order chi connectivity index (χ0) is 14.4. The number of aryl methyl sites for hydroxylation is 1. The van der Waals surface area contributed by atoms with Gasteiger partial charge in [-0.15, -0.1) is 0 Å². The Morgan fingerprint density at radius 2 is 2.05 bits per heavy atom. The molecule has 1 heterocycles. The van der Waals surface area contributed by atoms with Crippen molar-refractivity contribution in [1.82, 2.24) is 10.3 Å². The summed E-state index contributed by atoms with van der Waals surface area (Å²) in [6.45, 7) is 2.42. The van der Waals surface area contributed by atoms with Gasteiger partial charge in [-0.2, -0.15) is 0 Å². The molecule has 0 aliphatic heterocycles. The molecule has 20 heavy (non-hydrogen) atoms. The molecule has 2 aromatic rings. The first-order chi connectivity index (χ1) is 9.65. The van der Waals surface area contributed by atoms with Gasteiger partial charge in [-0.25, -0.2) is 0 Å². The van der Waals surface area contributed by atoms with Crippen LogP contribution in [0.1, 0.15) is 11.1 Å². The molecule has 0 spiro atoms. The topological polar surface area (TPSA) is 51.2 Å². The fourth-order valence-electron chi connectivity index (χ4n) is 1.67. The van der Waals surface area contributed by atoms with Crippen LogP contribution in [0.3, 0.4) is 0 Å². The fourth-order valence-corrected chi connectivity index (χ4v) is 2.15. The highest BCUT2D eigenvalue weighted by Gasteiger charge is 2.05. The molecule has 0 aliphatic rings. The van der Waals surface area contributed by atoms with Gasteiger partial charge in [0.15, 0.2) is 6.61 Å². The summed E-state index contributed by atoms with van der Waals surface area (Å²) < 4.78 is 6.49. The number of ether oxygens (including phenoxy) is 1. The molecule has 0 unspecified atom stereocenters. The molecule has 0 saturated heterocycles. The number of rotatable bonds is 5. The molecule has 1 aromatic heterocycles. The molecule has 0 fully saturated rings. The average Bonchev–Trinajstić information content (AvgIpc) is 2.45. The number of halogens is 1. The lowest BCUT2D eigenvalue weighted by molar-refractivity contribution is -0.123. The van der Waals surface area contributed by atoms with Gasteiger partial charge in [-0.05, 0) is 48.4 Å². The van der Waals surface area contributed by atoms with Crippen molar-refractivity contribution < 1.29 is 9.53 Å². The maximum absolute atomic E-state index is 11.7. The Morgan fingerprint density at radius 3 is 2.75 bits per heavy atom. The largest absolute Gasteiger partial charge is 0.484 e. The highest BCUT2D eigenvalue weighted by molar-refractivity contribution is 9.10. The summed E-state index contributed by atoms with van der Waals surface area (Å²) >= 11 is 3.39. The highest BCUT2D eigenvalue weighted by Crippen LogP contribution is 2.21. The zero-order valence-electron chi connectivity index (χ0n) is 11.1. The van der Waals surface area contributed by atoms with Gasteiger partial charge in [0.05, 0.1) is 0 Å². The van der Waals surface area contributed by atoms with E-state index in [1.54, 1.807) is 12.4 Å². The fraction of sp³-hybridized carbons (Fsp3) is 0.200. The van der Waals surface area contributed by atoms with Gasteiger partial charge in [0.1, 0.15) is 5.75 Å². The van der Waals surface area contributed by atoms with Crippen LogP contribution in [0.25, 0.3) is 0 Å². The lowest BCUT2D eigenvalue weighted by atomic mass is 10.2. The Hall–Kier alpha value is -1.88. The van der Waals surface area contributed by atoms with Crippen molar-refractivity contribution in [1.29, 1.82) is 0 Å². The van der Waals surface area contributed by atoms with E-state index in [2.05, 4.69) is 26.2 Å². The lowest BCUT2D eigenvalue weighted by Gasteiger charge is -2.09. The van der Waals surface area contributed by atoms with Crippen LogP contribution < -0.4 is 10.1 Å². The first-order valence-corrected chi connectivity index (χ1v) is 6.99. The number of aromatic nitrogens is 1. The van der Waals surface area contributed by atoms with Crippen molar-refractivity contribution in [2.45, 2.75) is 13.5 Å². The minimum absolute atomic E-state index is 0.00750. The van der Waals surface area contributed by atoms with Crippen molar-refractivity contribution in [3.05, 3.63) is 58.3 Å². The smallest absolute Gasteiger partial charge is 0.258 e. The van der Waals surface area contributed by atoms with Gasteiger partial charge in [-0.3, -0.25) is 9.78 Å². The summed E-state index contributed by atoms with van der Waals surface area (Å²) in [7, 11) is 0. The van der Waals surface area contributed by atoms with Gasteiger partial charge in [0.2, 0.25) is 0 Å². The third-order valence-corrected chi connectivity index (χ3v) is 3.23. The minimum Gasteiger partial charge on any atom is -0.484 e. The molecule has 4 nitrogen and oxygen atoms in total. The summed E-state index contributed by atoms with van der Waals surface area (Å²) in [5.41, 5.74) is 1.99. The number of pyridine rings is 1. The summed E-state index contributed by atoms with van der Waals surface area (Å²) in [5.74, 6) is 0.566. The van der Waals surface area contributed by atoms with E-state index in [4.69, 9.17) is 4.74 Å². The van der Waals surface area contributed by atoms with Crippen LogP contribution >= 0.6 is 15.9 Å². The summed E-state index contributed by atoms with van der Waals surface area (Å²) in [6, 6.07) is 9.40. The van der Waals surface area contributed by atoms with Crippen LogP contribution in [0.4, 0.5) is 0 Å². The van der Waals surface area contributed by atoms with E-state index in [1.807, 2.05) is 37.3 Å². The molecule has 2 rings (SSSR count). The molecular weight excluding hydrogens is 320 g/mol. The van der Waals surface area contributed by atoms with Gasteiger partial charge in [0, 0.05) is 23.4 Å². The van der Waals surface area contributed by atoms with E-state index < -0.39 is 0 Å². The molecular formula is C15H15BrN2O2. The van der Waals surface area contributed by atoms with Crippen molar-refractivity contribution in [3.8, 4) is 5.75 Å². The van der Waals surface area contributed by atoms with Gasteiger partial charge >= 0.3 is 0 Å². The molecule has 104 valence electrons. The third kappa shape index (κ3) is 4.35. The molecule has 1 N–H and O–H groups in total. The van der Waals surface area contributed by atoms with Crippen LogP contribution in [0.15, 0.2) is 47.2 Å². The summed E-state index contributed by atoms with van der Waals surface area (Å²) in [5, 5.41) is 2.80. The number of nitrogens with zero attached hydrogens (tertiary/aromatic N) is 1. The number of benzene rings is 1. The molecule has 0 atom stereocenters. The second kappa shape index (κ2) is 7.05. The molecule has 0 radical (unpaired) electrons. The second-order valence-corrected chi connectivity index (χ2v) is 5.25. The van der Waals surface area contributed by atoms with E-state index in [1.165, 1.54) is 0 Å². The van der Waals surface area contributed by atoms with Gasteiger partial charge in [-0.1, -0.05) is 15.9 Å². The summed E-state index contributed by atoms with van der Waals surface area (Å²) in [4.78, 5) is 15.6. The number of carbonyl (C=O) groups excluding carboxylic acids is 1. The van der Waals surface area contributed by atoms with Gasteiger partial charge in [0.25, 0.3) is 5.91 Å². The van der Waals surface area contributed by atoms with Crippen LogP contribution in [0.5, 0.6) is 5.75 Å². The number of amides is 1. The maximum Gasteiger partial charge on any atom is 0.258 e. The van der Waals surface area contributed by atoms with E-state index in [9.17, 15) is 4.79 Å². The summed E-state index contributed by atoms with van der Waals surface area (Å²) in [6.07, 6.45) is 3.40. The number of hydrogen-bond donors (Lipinski definition) is 1. The lowest BCUT2D eigenvalue weighted by Crippen LogP contribution is -2.28. The molecule has 0 aliphatic carbocycles. The zero-order valence-corrected chi connectivity index (χ0v) is 12.7. The van der Waals surface area contributed by atoms with E-state index in [-0.39, 0.29) is 12.5 Å². The Balaban J connectivity index is 1.80. The van der Waals surface area contributed by atoms with E-state index in [0.29, 0.717) is 12.3 Å². The van der Waals surface area contributed by atoms with Crippen LogP contribution in [-0.2, 0) is 11.3 Å². The van der Waals surface area contributed by atoms with Gasteiger partial charge < -0.3 is 10.1 Å². The van der Waals surface area contributed by atoms with Crippen LogP contribution in [0, 0.1) is 6.92 Å². The predicted octanol–water partition coefficient (Wildman–Crippen LogP) is 2.85. The predicted molar refractivity (Wildman–Crippen MR) is 80.5 cm³/mol. The Bertz CT molecular complexity index is 588. The standard InChI is InChI=1S/C15H15BrN2O2/c1-11-8-13(16)2-3-14(11)20-10-15(19)18-9-12-4-6-17-7-5-12/h2-8H,9-10H2,1H3,(H,18,19). The third-order valence-electron chi connectivity index (χ3n) is 2.73. The number of hydrogen-bond acceptors (Lipinski definition) is 3. The van der Waals surface area contributed by atoms with E-state index in [0.717, 1.165) is 15.6 Å². The van der Waals surface area contributed by atoms with Crippen LogP contribution in [0.2, 0.25) is 0 Å². The average molecular weight is 335 g/mol. The highest BCUT2D eigenvalue weighted by atomic mass is 79.9. The second-order valence-electron chi connectivity index (χ2n) is 4.33. The Morgan fingerprint density at radius 1 is 1.30 bits per heavy atom. The molecule has 1 amide bonds. The quantitative estimate of drug-likeness (QED) is 0.914. The first-order valence-electron chi connectivity index (χ1n) is 6.20. The Labute approximate surface area is 126 Å². The SMILES string of the molecule is Cc1cc(Br)ccc1OCC(=O)NCc1ccncc1. The number of carbonyl (C=O) groups is 1. The van der Waals surface area contributed by atoms with Crippen molar-refractivity contribution >= 4 is 21.8 Å². The number of nitrogens with one attached hydrogen (secondary N) is 1. The molecule has 5 heteroatoms. The minimum atomic E-state index is -0.149. The molecule has 1 aromatic carbocycles. The van der Waals surface area contributed by atoms with Crippen LogP contribution in [-0.4, -0.2) is 17.5 Å². The molecule has 0 saturated carbocycles. The van der Waals surface area contributed by atoms with Crippen molar-refractivity contribution in [3.63, 3.8) is 0 Å². The van der Waals surface area contributed by atoms with Crippen molar-refractivity contribution in [2.75, 3.05) is 6.61 Å². The monoisotopic (exact) mass is 334 g/mol. The Kier molecular flexibility index (Phi) is 5.12. The van der Waals surface area contributed by atoms with Crippen molar-refractivity contribution in [2.24, 2.45) is 0 Å². The van der Waals surface area contributed by atoms with E-state index >= 15 is 0 Å². The first kappa shape index (κ1) is 14.5.